The van der Waals surface area contributed by atoms with Gasteiger partial charge < -0.3 is 4.74 Å². The van der Waals surface area contributed by atoms with Crippen molar-refractivity contribution in [3.05, 3.63) is 18.0 Å². The van der Waals surface area contributed by atoms with Gasteiger partial charge in [-0.3, -0.25) is 0 Å². The van der Waals surface area contributed by atoms with Gasteiger partial charge in [-0.25, -0.2) is 14.8 Å². The number of aromatic nitrogens is 2. The maximum atomic E-state index is 10.7. The summed E-state index contributed by atoms with van der Waals surface area (Å²) in [7, 11) is 1.28. The van der Waals surface area contributed by atoms with Crippen molar-refractivity contribution in [1.29, 1.82) is 0 Å². The van der Waals surface area contributed by atoms with Gasteiger partial charge in [0.2, 0.25) is 0 Å². The number of hydrogen-bond donors (Lipinski definition) is 0. The molecule has 1 heterocycles. The second-order valence-corrected chi connectivity index (χ2v) is 2.97. The highest BCUT2D eigenvalue weighted by atomic mass is 32.2. The Kier molecular flexibility index (Phi) is 3.95. The molecule has 0 unspecified atom stereocenters. The SMILES string of the molecule is COC(=O)C#Cc1cnc(SC)nc1. The Balaban J connectivity index is 2.76. The molecule has 0 spiro atoms. The van der Waals surface area contributed by atoms with Crippen molar-refractivity contribution in [2.24, 2.45) is 0 Å². The summed E-state index contributed by atoms with van der Waals surface area (Å²) in [5.74, 6) is 4.31. The van der Waals surface area contributed by atoms with Crippen molar-refractivity contribution in [2.75, 3.05) is 13.4 Å². The van der Waals surface area contributed by atoms with E-state index in [1.165, 1.54) is 18.9 Å². The minimum atomic E-state index is -0.570. The molecule has 0 aliphatic carbocycles. The van der Waals surface area contributed by atoms with Crippen LogP contribution >= 0.6 is 11.8 Å². The van der Waals surface area contributed by atoms with Crippen LogP contribution < -0.4 is 0 Å². The Labute approximate surface area is 86.1 Å². The molecule has 0 saturated carbocycles. The molecular formula is C9H8N2O2S. The van der Waals surface area contributed by atoms with E-state index < -0.39 is 5.97 Å². The number of thioether (sulfide) groups is 1. The van der Waals surface area contributed by atoms with E-state index >= 15 is 0 Å². The summed E-state index contributed by atoms with van der Waals surface area (Å²) < 4.78 is 4.36. The van der Waals surface area contributed by atoms with Gasteiger partial charge in [0.25, 0.3) is 0 Å². The lowest BCUT2D eigenvalue weighted by Crippen LogP contribution is -1.94. The van der Waals surface area contributed by atoms with Crippen LogP contribution in [0.5, 0.6) is 0 Å². The lowest BCUT2D eigenvalue weighted by molar-refractivity contribution is -0.133. The van der Waals surface area contributed by atoms with E-state index in [0.717, 1.165) is 0 Å². The molecule has 0 N–H and O–H groups in total. The number of nitrogens with zero attached hydrogens (tertiary/aromatic N) is 2. The van der Waals surface area contributed by atoms with E-state index in [4.69, 9.17) is 0 Å². The molecule has 4 nitrogen and oxygen atoms in total. The molecule has 1 aromatic heterocycles. The topological polar surface area (TPSA) is 52.1 Å². The fourth-order valence-corrected chi connectivity index (χ4v) is 0.977. The Morgan fingerprint density at radius 3 is 2.64 bits per heavy atom. The predicted molar refractivity (Wildman–Crippen MR) is 52.7 cm³/mol. The maximum absolute atomic E-state index is 10.7. The zero-order valence-corrected chi connectivity index (χ0v) is 8.59. The zero-order chi connectivity index (χ0) is 10.4. The lowest BCUT2D eigenvalue weighted by Gasteiger charge is -1.92. The molecule has 0 aromatic carbocycles. The van der Waals surface area contributed by atoms with Gasteiger partial charge in [0.1, 0.15) is 0 Å². The van der Waals surface area contributed by atoms with Gasteiger partial charge in [0.15, 0.2) is 5.16 Å². The lowest BCUT2D eigenvalue weighted by atomic mass is 10.3. The highest BCUT2D eigenvalue weighted by Gasteiger charge is 1.94. The summed E-state index contributed by atoms with van der Waals surface area (Å²) in [6.45, 7) is 0. The van der Waals surface area contributed by atoms with E-state index in [9.17, 15) is 4.79 Å². The highest BCUT2D eigenvalue weighted by molar-refractivity contribution is 7.98. The molecule has 72 valence electrons. The second kappa shape index (κ2) is 5.25. The molecule has 0 amide bonds. The van der Waals surface area contributed by atoms with Crippen molar-refractivity contribution in [1.82, 2.24) is 9.97 Å². The van der Waals surface area contributed by atoms with Crippen molar-refractivity contribution >= 4 is 17.7 Å². The first-order valence-corrected chi connectivity index (χ1v) is 4.94. The molecule has 0 fully saturated rings. The Morgan fingerprint density at radius 1 is 1.50 bits per heavy atom. The summed E-state index contributed by atoms with van der Waals surface area (Å²) >= 11 is 1.44. The largest absolute Gasteiger partial charge is 0.459 e. The smallest absolute Gasteiger partial charge is 0.384 e. The minimum absolute atomic E-state index is 0.570. The molecule has 0 radical (unpaired) electrons. The van der Waals surface area contributed by atoms with Crippen LogP contribution in [0.25, 0.3) is 0 Å². The van der Waals surface area contributed by atoms with E-state index in [-0.39, 0.29) is 0 Å². The normalized spacial score (nSPS) is 8.71. The van der Waals surface area contributed by atoms with E-state index in [1.54, 1.807) is 12.4 Å². The molecule has 0 saturated heterocycles. The van der Waals surface area contributed by atoms with E-state index in [2.05, 4.69) is 26.5 Å². The van der Waals surface area contributed by atoms with Crippen LogP contribution in [0.2, 0.25) is 0 Å². The molecular weight excluding hydrogens is 200 g/mol. The molecule has 1 aromatic rings. The van der Waals surface area contributed by atoms with Crippen LogP contribution in [0.3, 0.4) is 0 Å². The Bertz CT molecular complexity index is 378. The Morgan fingerprint density at radius 2 is 2.14 bits per heavy atom. The molecule has 14 heavy (non-hydrogen) atoms. The average Bonchev–Trinajstić information content (AvgIpc) is 2.26. The van der Waals surface area contributed by atoms with E-state index in [1.807, 2.05) is 6.26 Å². The van der Waals surface area contributed by atoms with Gasteiger partial charge in [-0.15, -0.1) is 0 Å². The summed E-state index contributed by atoms with van der Waals surface area (Å²) in [5.41, 5.74) is 0.591. The van der Waals surface area contributed by atoms with E-state index in [0.29, 0.717) is 10.7 Å². The molecule has 1 rings (SSSR count). The molecule has 0 aliphatic heterocycles. The number of hydrogen-bond acceptors (Lipinski definition) is 5. The van der Waals surface area contributed by atoms with Gasteiger partial charge in [-0.2, -0.15) is 0 Å². The fraction of sp³-hybridized carbons (Fsp3) is 0.222. The number of carbonyl (C=O) groups excluding carboxylic acids is 1. The van der Waals surface area contributed by atoms with Gasteiger partial charge in [-0.1, -0.05) is 17.7 Å². The highest BCUT2D eigenvalue weighted by Crippen LogP contribution is 2.05. The predicted octanol–water partition coefficient (Wildman–Crippen LogP) is 0.723. The maximum Gasteiger partial charge on any atom is 0.384 e. The van der Waals surface area contributed by atoms with Crippen molar-refractivity contribution < 1.29 is 9.53 Å². The number of esters is 1. The molecule has 0 atom stereocenters. The van der Waals surface area contributed by atoms with Gasteiger partial charge in [0, 0.05) is 18.3 Å². The molecule has 0 bridgehead atoms. The number of methoxy groups -OCH3 is 1. The first-order valence-electron chi connectivity index (χ1n) is 3.72. The summed E-state index contributed by atoms with van der Waals surface area (Å²) in [6.07, 6.45) is 5.01. The van der Waals surface area contributed by atoms with Crippen molar-refractivity contribution in [2.45, 2.75) is 5.16 Å². The fourth-order valence-electron chi connectivity index (χ4n) is 0.660. The number of rotatable bonds is 1. The van der Waals surface area contributed by atoms with Gasteiger partial charge >= 0.3 is 5.97 Å². The van der Waals surface area contributed by atoms with Gasteiger partial charge in [-0.05, 0) is 6.26 Å². The summed E-state index contributed by atoms with van der Waals surface area (Å²) in [5, 5.41) is 0.675. The average molecular weight is 208 g/mol. The first kappa shape index (κ1) is 10.5. The zero-order valence-electron chi connectivity index (χ0n) is 7.77. The monoisotopic (exact) mass is 208 g/mol. The third-order valence-corrected chi connectivity index (χ3v) is 1.88. The summed E-state index contributed by atoms with van der Waals surface area (Å²) in [6, 6.07) is 0. The van der Waals surface area contributed by atoms with Crippen LogP contribution in [0.1, 0.15) is 5.56 Å². The number of ether oxygens (including phenoxy) is 1. The van der Waals surface area contributed by atoms with Crippen LogP contribution in [-0.4, -0.2) is 29.3 Å². The molecule has 0 aliphatic rings. The van der Waals surface area contributed by atoms with Gasteiger partial charge in [0.05, 0.1) is 12.7 Å². The quantitative estimate of drug-likeness (QED) is 0.294. The first-order chi connectivity index (χ1) is 6.76. The van der Waals surface area contributed by atoms with Crippen LogP contribution in [0.4, 0.5) is 0 Å². The van der Waals surface area contributed by atoms with Crippen molar-refractivity contribution in [3.8, 4) is 11.8 Å². The third kappa shape index (κ3) is 3.07. The van der Waals surface area contributed by atoms with Crippen LogP contribution in [0.15, 0.2) is 17.6 Å². The van der Waals surface area contributed by atoms with Crippen LogP contribution in [0, 0.1) is 11.8 Å². The second-order valence-electron chi connectivity index (χ2n) is 2.20. The molecule has 5 heteroatoms. The standard InChI is InChI=1S/C9H8N2O2S/c1-13-8(12)4-3-7-5-10-9(14-2)11-6-7/h5-6H,1-2H3. The summed E-state index contributed by atoms with van der Waals surface area (Å²) in [4.78, 5) is 18.7. The third-order valence-electron chi connectivity index (χ3n) is 1.31. The van der Waals surface area contributed by atoms with Crippen LogP contribution in [-0.2, 0) is 9.53 Å². The number of carbonyl (C=O) groups is 1. The van der Waals surface area contributed by atoms with Crippen molar-refractivity contribution in [3.63, 3.8) is 0 Å². The minimum Gasteiger partial charge on any atom is -0.459 e. The Hall–Kier alpha value is -1.54.